The number of aryl methyl sites for hydroxylation is 1. The fourth-order valence-corrected chi connectivity index (χ4v) is 2.39. The van der Waals surface area contributed by atoms with E-state index in [1.807, 2.05) is 25.1 Å². The summed E-state index contributed by atoms with van der Waals surface area (Å²) in [4.78, 5) is 11.5. The maximum Gasteiger partial charge on any atom is 0.328 e. The second-order valence-electron chi connectivity index (χ2n) is 4.29. The van der Waals surface area contributed by atoms with Crippen molar-refractivity contribution >= 4 is 29.5 Å². The molecule has 4 N–H and O–H groups in total. The molecule has 0 amide bonds. The molecule has 1 rings (SSSR count). The Morgan fingerprint density at radius 1 is 1.58 bits per heavy atom. The molecule has 102 valence electrons. The van der Waals surface area contributed by atoms with Gasteiger partial charge in [-0.1, -0.05) is 6.07 Å². The molecule has 0 radical (unpaired) electrons. The molecule has 19 heavy (non-hydrogen) atoms. The van der Waals surface area contributed by atoms with Crippen molar-refractivity contribution in [2.45, 2.75) is 24.8 Å². The summed E-state index contributed by atoms with van der Waals surface area (Å²) in [6.07, 6.45) is 2.71. The summed E-state index contributed by atoms with van der Waals surface area (Å²) in [7, 11) is 0. The number of nitrogens with two attached hydrogens (primary N) is 1. The molecule has 0 saturated carbocycles. The van der Waals surface area contributed by atoms with Crippen LogP contribution in [-0.2, 0) is 4.79 Å². The zero-order valence-corrected chi connectivity index (χ0v) is 11.8. The molecule has 0 bridgehead atoms. The van der Waals surface area contributed by atoms with E-state index in [-0.39, 0.29) is 6.04 Å². The third-order valence-corrected chi connectivity index (χ3v) is 3.63. The number of carbonyl (C=O) groups is 1. The average Bonchev–Trinajstić information content (AvgIpc) is 2.34. The maximum absolute atomic E-state index is 10.5. The Balaban J connectivity index is 2.72. The SMILES string of the molecule is Cc1cc(SCC(=N)C(C)N)ccc1/C=C\C(=O)O. The van der Waals surface area contributed by atoms with Gasteiger partial charge in [-0.15, -0.1) is 11.8 Å². The van der Waals surface area contributed by atoms with Crippen LogP contribution >= 0.6 is 11.8 Å². The van der Waals surface area contributed by atoms with Crippen molar-refractivity contribution in [1.29, 1.82) is 5.41 Å². The van der Waals surface area contributed by atoms with Crippen molar-refractivity contribution in [2.75, 3.05) is 5.75 Å². The van der Waals surface area contributed by atoms with E-state index in [4.69, 9.17) is 16.2 Å². The molecular weight excluding hydrogens is 260 g/mol. The van der Waals surface area contributed by atoms with Crippen molar-refractivity contribution in [1.82, 2.24) is 0 Å². The van der Waals surface area contributed by atoms with E-state index in [0.29, 0.717) is 11.5 Å². The van der Waals surface area contributed by atoms with Crippen molar-refractivity contribution in [3.63, 3.8) is 0 Å². The third-order valence-electron chi connectivity index (χ3n) is 2.59. The van der Waals surface area contributed by atoms with E-state index < -0.39 is 5.97 Å². The minimum Gasteiger partial charge on any atom is -0.478 e. The molecule has 0 aliphatic carbocycles. The first-order chi connectivity index (χ1) is 8.90. The number of benzene rings is 1. The van der Waals surface area contributed by atoms with Gasteiger partial charge in [0.15, 0.2) is 0 Å². The smallest absolute Gasteiger partial charge is 0.328 e. The Kier molecular flexibility index (Phi) is 5.79. The van der Waals surface area contributed by atoms with Crippen LogP contribution in [0, 0.1) is 12.3 Å². The lowest BCUT2D eigenvalue weighted by Crippen LogP contribution is -2.27. The topological polar surface area (TPSA) is 87.2 Å². The number of carboxylic acid groups (broad SMARTS) is 1. The number of nitrogens with one attached hydrogen (secondary N) is 1. The highest BCUT2D eigenvalue weighted by atomic mass is 32.2. The summed E-state index contributed by atoms with van der Waals surface area (Å²) in [5.74, 6) is -0.384. The summed E-state index contributed by atoms with van der Waals surface area (Å²) >= 11 is 1.56. The minimum atomic E-state index is -0.955. The van der Waals surface area contributed by atoms with Gasteiger partial charge in [0.25, 0.3) is 0 Å². The predicted octanol–water partition coefficient (Wildman–Crippen LogP) is 2.55. The van der Waals surface area contributed by atoms with Gasteiger partial charge in [0.1, 0.15) is 0 Å². The number of carboxylic acids is 1. The summed E-state index contributed by atoms with van der Waals surface area (Å²) in [5, 5.41) is 16.3. The van der Waals surface area contributed by atoms with Crippen LogP contribution in [0.1, 0.15) is 18.1 Å². The van der Waals surface area contributed by atoms with E-state index in [0.717, 1.165) is 22.1 Å². The van der Waals surface area contributed by atoms with Crippen LogP contribution in [-0.4, -0.2) is 28.6 Å². The zero-order chi connectivity index (χ0) is 14.4. The van der Waals surface area contributed by atoms with Gasteiger partial charge in [0.05, 0.1) is 0 Å². The zero-order valence-electron chi connectivity index (χ0n) is 11.0. The van der Waals surface area contributed by atoms with Gasteiger partial charge in [-0.05, 0) is 43.2 Å². The molecule has 1 aromatic rings. The second-order valence-corrected chi connectivity index (χ2v) is 5.34. The monoisotopic (exact) mass is 278 g/mol. The lowest BCUT2D eigenvalue weighted by Gasteiger charge is -2.08. The quantitative estimate of drug-likeness (QED) is 0.424. The van der Waals surface area contributed by atoms with E-state index in [1.165, 1.54) is 0 Å². The van der Waals surface area contributed by atoms with E-state index in [9.17, 15) is 4.79 Å². The first-order valence-corrected chi connectivity index (χ1v) is 6.86. The van der Waals surface area contributed by atoms with Crippen LogP contribution in [0.25, 0.3) is 6.08 Å². The van der Waals surface area contributed by atoms with Gasteiger partial charge < -0.3 is 16.2 Å². The van der Waals surface area contributed by atoms with Gasteiger partial charge in [-0.3, -0.25) is 0 Å². The molecule has 0 saturated heterocycles. The Hall–Kier alpha value is -1.59. The average molecular weight is 278 g/mol. The molecule has 0 aliphatic heterocycles. The normalized spacial score (nSPS) is 12.6. The van der Waals surface area contributed by atoms with E-state index in [2.05, 4.69) is 0 Å². The lowest BCUT2D eigenvalue weighted by molar-refractivity contribution is -0.131. The van der Waals surface area contributed by atoms with Crippen molar-refractivity contribution in [3.8, 4) is 0 Å². The maximum atomic E-state index is 10.5. The predicted molar refractivity (Wildman–Crippen MR) is 79.9 cm³/mol. The fraction of sp³-hybridized carbons (Fsp3) is 0.286. The van der Waals surface area contributed by atoms with Crippen LogP contribution in [0.5, 0.6) is 0 Å². The van der Waals surface area contributed by atoms with Gasteiger partial charge in [0, 0.05) is 28.5 Å². The van der Waals surface area contributed by atoms with Crippen LogP contribution in [0.3, 0.4) is 0 Å². The van der Waals surface area contributed by atoms with Gasteiger partial charge in [-0.25, -0.2) is 4.79 Å². The Labute approximate surface area is 117 Å². The molecular formula is C14H18N2O2S. The lowest BCUT2D eigenvalue weighted by atomic mass is 10.1. The first kappa shape index (κ1) is 15.5. The Bertz CT molecular complexity index is 510. The molecule has 0 aromatic heterocycles. The van der Waals surface area contributed by atoms with Gasteiger partial charge in [-0.2, -0.15) is 0 Å². The summed E-state index contributed by atoms with van der Waals surface area (Å²) in [6.45, 7) is 3.73. The summed E-state index contributed by atoms with van der Waals surface area (Å²) in [5.41, 5.74) is 8.02. The van der Waals surface area contributed by atoms with Crippen LogP contribution in [0.4, 0.5) is 0 Å². The Morgan fingerprint density at radius 2 is 2.26 bits per heavy atom. The molecule has 1 unspecified atom stereocenters. The molecule has 0 spiro atoms. The summed E-state index contributed by atoms with van der Waals surface area (Å²) < 4.78 is 0. The van der Waals surface area contributed by atoms with Crippen LogP contribution in [0.15, 0.2) is 29.2 Å². The van der Waals surface area contributed by atoms with Crippen molar-refractivity contribution in [2.24, 2.45) is 5.73 Å². The van der Waals surface area contributed by atoms with Crippen LogP contribution in [0.2, 0.25) is 0 Å². The first-order valence-electron chi connectivity index (χ1n) is 5.87. The third kappa shape index (κ3) is 5.28. The molecule has 1 atom stereocenters. The van der Waals surface area contributed by atoms with Crippen molar-refractivity contribution < 1.29 is 9.90 Å². The second kappa shape index (κ2) is 7.11. The highest BCUT2D eigenvalue weighted by Gasteiger charge is 2.05. The fourth-order valence-electron chi connectivity index (χ4n) is 1.38. The number of hydrogen-bond acceptors (Lipinski definition) is 4. The number of thioether (sulfide) groups is 1. The number of rotatable bonds is 6. The van der Waals surface area contributed by atoms with E-state index in [1.54, 1.807) is 24.8 Å². The van der Waals surface area contributed by atoms with Gasteiger partial charge >= 0.3 is 5.97 Å². The molecule has 0 fully saturated rings. The molecule has 0 aliphatic rings. The molecule has 1 aromatic carbocycles. The largest absolute Gasteiger partial charge is 0.478 e. The van der Waals surface area contributed by atoms with E-state index >= 15 is 0 Å². The van der Waals surface area contributed by atoms with Crippen LogP contribution < -0.4 is 5.73 Å². The molecule has 0 heterocycles. The minimum absolute atomic E-state index is 0.216. The molecule has 5 heteroatoms. The number of hydrogen-bond donors (Lipinski definition) is 3. The van der Waals surface area contributed by atoms with Crippen molar-refractivity contribution in [3.05, 3.63) is 35.4 Å². The summed E-state index contributed by atoms with van der Waals surface area (Å²) in [6, 6.07) is 5.58. The standard InChI is InChI=1S/C14H18N2O2S/c1-9-7-12(19-8-13(16)10(2)15)5-3-11(9)4-6-14(17)18/h3-7,10,16H,8,15H2,1-2H3,(H,17,18)/b6-4-,16-13?. The highest BCUT2D eigenvalue weighted by Crippen LogP contribution is 2.22. The Morgan fingerprint density at radius 3 is 2.79 bits per heavy atom. The highest BCUT2D eigenvalue weighted by molar-refractivity contribution is 8.00. The molecule has 4 nitrogen and oxygen atoms in total. The number of aliphatic carboxylic acids is 1. The van der Waals surface area contributed by atoms with Gasteiger partial charge in [0.2, 0.25) is 0 Å².